The minimum Gasteiger partial charge on any atom is -0.595 e. The summed E-state index contributed by atoms with van der Waals surface area (Å²) < 4.78 is 0. The van der Waals surface area contributed by atoms with E-state index in [-0.39, 0.29) is 22.6 Å². The summed E-state index contributed by atoms with van der Waals surface area (Å²) in [6.45, 7) is 2.39. The number of anilines is 2. The van der Waals surface area contributed by atoms with Gasteiger partial charge in [-0.25, -0.2) is 10.4 Å². The molecule has 0 aliphatic heterocycles. The zero-order valence-electron chi connectivity index (χ0n) is 19.4. The number of hydrazone groups is 2. The van der Waals surface area contributed by atoms with Crippen molar-refractivity contribution in [3.63, 3.8) is 0 Å². The van der Waals surface area contributed by atoms with Crippen molar-refractivity contribution in [2.75, 3.05) is 10.9 Å². The van der Waals surface area contributed by atoms with Gasteiger partial charge in [-0.05, 0) is 30.3 Å². The Labute approximate surface area is 205 Å². The Morgan fingerprint density at radius 1 is 0.694 bits per heavy atom. The number of rotatable bonds is 10. The molecule has 3 rings (SSSR count). The van der Waals surface area contributed by atoms with Crippen LogP contribution in [0.3, 0.4) is 0 Å². The van der Waals surface area contributed by atoms with Crippen molar-refractivity contribution in [3.05, 3.63) is 94.3 Å². The summed E-state index contributed by atoms with van der Waals surface area (Å²) >= 11 is 0. The third-order valence-corrected chi connectivity index (χ3v) is 4.94. The van der Waals surface area contributed by atoms with Crippen LogP contribution < -0.4 is 21.3 Å². The predicted octanol–water partition coefficient (Wildman–Crippen LogP) is 1.30. The van der Waals surface area contributed by atoms with Gasteiger partial charge in [-0.1, -0.05) is 36.4 Å². The molecular formula is C24H24N6O6. The summed E-state index contributed by atoms with van der Waals surface area (Å²) in [5, 5.41) is 48.9. The van der Waals surface area contributed by atoms with E-state index in [0.717, 1.165) is 12.1 Å². The number of benzene rings is 3. The number of Topliss-reactive ketones (excluding diaryl/α,β-unsaturated/α-hetero) is 2. The average molecular weight is 492 g/mol. The molecule has 12 nitrogen and oxygen atoms in total. The second kappa shape index (κ2) is 11.9. The van der Waals surface area contributed by atoms with Crippen molar-refractivity contribution in [1.82, 2.24) is 0 Å². The van der Waals surface area contributed by atoms with Crippen LogP contribution >= 0.6 is 0 Å². The first-order valence-electron chi connectivity index (χ1n) is 10.6. The number of quaternary nitrogens is 2. The highest BCUT2D eigenvalue weighted by atomic mass is 16.8. The Kier molecular flexibility index (Phi) is 8.70. The second-order valence-corrected chi connectivity index (χ2v) is 7.54. The lowest BCUT2D eigenvalue weighted by atomic mass is 9.96. The third-order valence-electron chi connectivity index (χ3n) is 4.94. The minimum atomic E-state index is -1.48. The highest BCUT2D eigenvalue weighted by Crippen LogP contribution is 2.24. The maximum atomic E-state index is 12.5. The molecule has 0 aliphatic rings. The SMILES string of the molecule is CC(=O)C(=NNc1ccccc1)c1cc(C(=NNc2ccccc2)C(C)=O)c([NH+]([O-])O)cc1[NH+]([O-])O. The van der Waals surface area contributed by atoms with Gasteiger partial charge in [0.05, 0.1) is 28.6 Å². The van der Waals surface area contributed by atoms with Crippen molar-refractivity contribution in [2.24, 2.45) is 10.2 Å². The van der Waals surface area contributed by atoms with Crippen LogP contribution in [-0.2, 0) is 9.59 Å². The van der Waals surface area contributed by atoms with Crippen LogP contribution in [-0.4, -0.2) is 33.4 Å². The fraction of sp³-hybridized carbons (Fsp3) is 0.0833. The number of carbonyl (C=O) groups excluding carboxylic acids is 2. The van der Waals surface area contributed by atoms with Crippen LogP contribution in [0, 0.1) is 10.4 Å². The molecule has 0 spiro atoms. The van der Waals surface area contributed by atoms with Crippen LogP contribution in [0.5, 0.6) is 0 Å². The van der Waals surface area contributed by atoms with Crippen molar-refractivity contribution < 1.29 is 30.5 Å². The number of hydrogen-bond acceptors (Lipinski definition) is 10. The summed E-state index contributed by atoms with van der Waals surface area (Å²) in [7, 11) is 0. The van der Waals surface area contributed by atoms with E-state index in [4.69, 9.17) is 0 Å². The largest absolute Gasteiger partial charge is 0.595 e. The molecule has 2 atom stereocenters. The third kappa shape index (κ3) is 6.43. The number of carbonyl (C=O) groups is 2. The number of nitrogens with zero attached hydrogens (tertiary/aromatic N) is 2. The lowest BCUT2D eigenvalue weighted by Gasteiger charge is -2.21. The van der Waals surface area contributed by atoms with E-state index in [1.54, 1.807) is 60.7 Å². The minimum absolute atomic E-state index is 0.174. The number of ketones is 2. The number of nitrogens with one attached hydrogen (secondary N) is 4. The van der Waals surface area contributed by atoms with Gasteiger partial charge in [0.2, 0.25) is 0 Å². The van der Waals surface area contributed by atoms with E-state index in [0.29, 0.717) is 11.4 Å². The molecule has 0 saturated heterocycles. The quantitative estimate of drug-likeness (QED) is 0.181. The number of para-hydroxylation sites is 2. The first kappa shape index (κ1) is 26.3. The van der Waals surface area contributed by atoms with Gasteiger partial charge in [-0.2, -0.15) is 20.7 Å². The van der Waals surface area contributed by atoms with Gasteiger partial charge in [0.15, 0.2) is 22.9 Å². The van der Waals surface area contributed by atoms with Crippen LogP contribution in [0.25, 0.3) is 0 Å². The molecule has 186 valence electrons. The summed E-state index contributed by atoms with van der Waals surface area (Å²) in [4.78, 5) is 25.0. The molecule has 0 aliphatic carbocycles. The van der Waals surface area contributed by atoms with Gasteiger partial charge in [-0.3, -0.25) is 20.4 Å². The van der Waals surface area contributed by atoms with E-state index < -0.39 is 33.4 Å². The summed E-state index contributed by atoms with van der Waals surface area (Å²) in [5.74, 6) is -1.17. The maximum absolute atomic E-state index is 12.5. The van der Waals surface area contributed by atoms with E-state index >= 15 is 0 Å². The Balaban J connectivity index is 2.21. The second-order valence-electron chi connectivity index (χ2n) is 7.54. The Morgan fingerprint density at radius 3 is 1.36 bits per heavy atom. The molecule has 3 aromatic rings. The smallest absolute Gasteiger partial charge is 0.180 e. The Bertz CT molecular complexity index is 1200. The standard InChI is InChI=1S/C24H24N6O6/c1-15(31)23(27-25-17-9-5-3-6-10-17)19-13-20(22(30(35)36)14-21(19)29(33)34)24(16(2)32)28-26-18-11-7-4-8-12-18/h3-14,25-26,29-30,33,35H,1-2H3. The predicted molar refractivity (Wildman–Crippen MR) is 133 cm³/mol. The van der Waals surface area contributed by atoms with Crippen molar-refractivity contribution >= 4 is 45.7 Å². The average Bonchev–Trinajstić information content (AvgIpc) is 2.85. The van der Waals surface area contributed by atoms with Gasteiger partial charge in [0, 0.05) is 13.8 Å². The van der Waals surface area contributed by atoms with Crippen molar-refractivity contribution in [1.29, 1.82) is 0 Å². The summed E-state index contributed by atoms with van der Waals surface area (Å²) in [6, 6.07) is 19.3. The van der Waals surface area contributed by atoms with Crippen molar-refractivity contribution in [3.8, 4) is 0 Å². The van der Waals surface area contributed by atoms with Crippen LogP contribution in [0.4, 0.5) is 22.7 Å². The molecule has 3 aromatic carbocycles. The topological polar surface area (TPSA) is 178 Å². The molecule has 0 bridgehead atoms. The zero-order valence-corrected chi connectivity index (χ0v) is 19.4. The van der Waals surface area contributed by atoms with Gasteiger partial charge in [0.25, 0.3) is 0 Å². The first-order valence-corrected chi connectivity index (χ1v) is 10.6. The van der Waals surface area contributed by atoms with E-state index in [9.17, 15) is 30.4 Å². The molecule has 0 heterocycles. The number of hydrogen-bond donors (Lipinski definition) is 6. The van der Waals surface area contributed by atoms with Gasteiger partial charge in [0.1, 0.15) is 11.4 Å². The normalized spacial score (nSPS) is 13.6. The molecule has 36 heavy (non-hydrogen) atoms. The van der Waals surface area contributed by atoms with Crippen LogP contribution in [0.2, 0.25) is 0 Å². The van der Waals surface area contributed by atoms with Gasteiger partial charge in [-0.15, -0.1) is 0 Å². The fourth-order valence-electron chi connectivity index (χ4n) is 3.27. The molecule has 0 radical (unpaired) electrons. The zero-order chi connectivity index (χ0) is 26.2. The molecule has 0 aromatic heterocycles. The molecule has 0 fully saturated rings. The van der Waals surface area contributed by atoms with Crippen LogP contribution in [0.1, 0.15) is 25.0 Å². The summed E-state index contributed by atoms with van der Waals surface area (Å²) in [5.41, 5.74) is 4.63. The maximum Gasteiger partial charge on any atom is 0.180 e. The molecular weight excluding hydrogens is 468 g/mol. The summed E-state index contributed by atoms with van der Waals surface area (Å²) in [6.07, 6.45) is 0. The Hall–Kier alpha value is -4.30. The van der Waals surface area contributed by atoms with E-state index in [1.807, 2.05) is 0 Å². The first-order chi connectivity index (χ1) is 17.2. The van der Waals surface area contributed by atoms with E-state index in [2.05, 4.69) is 21.1 Å². The Morgan fingerprint density at radius 2 is 1.06 bits per heavy atom. The fourth-order valence-corrected chi connectivity index (χ4v) is 3.27. The van der Waals surface area contributed by atoms with E-state index in [1.165, 1.54) is 13.8 Å². The molecule has 6 N–H and O–H groups in total. The molecule has 12 heteroatoms. The molecule has 0 saturated carbocycles. The van der Waals surface area contributed by atoms with Gasteiger partial charge >= 0.3 is 0 Å². The molecule has 0 amide bonds. The highest BCUT2D eigenvalue weighted by Gasteiger charge is 2.28. The van der Waals surface area contributed by atoms with Gasteiger partial charge < -0.3 is 10.4 Å². The highest BCUT2D eigenvalue weighted by molar-refractivity contribution is 6.49. The monoisotopic (exact) mass is 492 g/mol. The lowest BCUT2D eigenvalue weighted by Crippen LogP contribution is -3.01. The molecule has 2 unspecified atom stereocenters. The van der Waals surface area contributed by atoms with Crippen LogP contribution in [0.15, 0.2) is 83.0 Å². The lowest BCUT2D eigenvalue weighted by molar-refractivity contribution is -0.996. The van der Waals surface area contributed by atoms with Crippen molar-refractivity contribution in [2.45, 2.75) is 13.8 Å².